The van der Waals surface area contributed by atoms with Gasteiger partial charge in [0.2, 0.25) is 0 Å². The number of para-hydroxylation sites is 1. The summed E-state index contributed by atoms with van der Waals surface area (Å²) in [6, 6.07) is 71.6. The fraction of sp³-hybridized carbons (Fsp3) is 0. The number of rotatable bonds is 6. The molecule has 52 heavy (non-hydrogen) atoms. The molecule has 0 bridgehead atoms. The Morgan fingerprint density at radius 3 is 1.60 bits per heavy atom. The van der Waals surface area contributed by atoms with Crippen LogP contribution in [0.1, 0.15) is 0 Å². The molecule has 0 aliphatic carbocycles. The summed E-state index contributed by atoms with van der Waals surface area (Å²) in [6.07, 6.45) is 0. The van der Waals surface area contributed by atoms with Gasteiger partial charge in [-0.25, -0.2) is 4.98 Å². The van der Waals surface area contributed by atoms with Gasteiger partial charge in [0.25, 0.3) is 0 Å². The maximum absolute atomic E-state index is 5.32. The minimum Gasteiger partial charge on any atom is -0.310 e. The molecule has 244 valence electrons. The second kappa shape index (κ2) is 12.4. The van der Waals surface area contributed by atoms with Gasteiger partial charge in [0, 0.05) is 33.7 Å². The third kappa shape index (κ3) is 5.19. The lowest BCUT2D eigenvalue weighted by atomic mass is 10.0. The van der Waals surface area contributed by atoms with Gasteiger partial charge in [0.1, 0.15) is 5.82 Å². The highest BCUT2D eigenvalue weighted by atomic mass is 15.1. The summed E-state index contributed by atoms with van der Waals surface area (Å²) >= 11 is 0. The monoisotopic (exact) mass is 663 g/mol. The first-order valence-electron chi connectivity index (χ1n) is 17.7. The van der Waals surface area contributed by atoms with E-state index in [-0.39, 0.29) is 0 Å². The average Bonchev–Trinajstić information content (AvgIpc) is 3.62. The quantitative estimate of drug-likeness (QED) is 0.177. The van der Waals surface area contributed by atoms with Crippen LogP contribution in [-0.2, 0) is 0 Å². The van der Waals surface area contributed by atoms with Crippen molar-refractivity contribution in [1.29, 1.82) is 0 Å². The maximum Gasteiger partial charge on any atom is 0.145 e. The van der Waals surface area contributed by atoms with Crippen molar-refractivity contribution >= 4 is 60.4 Å². The number of hydrogen-bond acceptors (Lipinski definition) is 2. The molecule has 0 aliphatic heterocycles. The topological polar surface area (TPSA) is 21.1 Å². The molecule has 0 fully saturated rings. The van der Waals surface area contributed by atoms with Crippen LogP contribution >= 0.6 is 0 Å². The van der Waals surface area contributed by atoms with Gasteiger partial charge in [0.15, 0.2) is 0 Å². The summed E-state index contributed by atoms with van der Waals surface area (Å²) in [5, 5.41) is 7.27. The van der Waals surface area contributed by atoms with Crippen LogP contribution in [0.3, 0.4) is 0 Å². The molecule has 0 spiro atoms. The standard InChI is InChI=1S/C49H33N3/c1-2-15-42(16-3-1)52-47-31-25-37-12-8-9-17-46(37)48(47)50-49(52)38-23-28-44(29-24-38)51(45-30-22-35-11-5-7-14-40(35)33-45)43-26-20-36(21-27-43)41-19-18-34-10-4-6-13-39(34)32-41/h1-33H. The van der Waals surface area contributed by atoms with Crippen molar-refractivity contribution in [3.8, 4) is 28.2 Å². The number of aromatic nitrogens is 2. The molecule has 0 N–H and O–H groups in total. The number of imidazole rings is 1. The van der Waals surface area contributed by atoms with Crippen molar-refractivity contribution in [3.63, 3.8) is 0 Å². The summed E-state index contributed by atoms with van der Waals surface area (Å²) in [5.41, 5.74) is 9.91. The molecule has 0 aliphatic rings. The van der Waals surface area contributed by atoms with Crippen LogP contribution in [0.2, 0.25) is 0 Å². The highest BCUT2D eigenvalue weighted by molar-refractivity contribution is 6.06. The molecule has 1 aromatic heterocycles. The predicted molar refractivity (Wildman–Crippen MR) is 219 cm³/mol. The first kappa shape index (κ1) is 29.9. The van der Waals surface area contributed by atoms with E-state index in [2.05, 4.69) is 210 Å². The Morgan fingerprint density at radius 1 is 0.365 bits per heavy atom. The van der Waals surface area contributed by atoms with Gasteiger partial charge in [-0.05, 0) is 111 Å². The molecular formula is C49H33N3. The van der Waals surface area contributed by atoms with E-state index in [4.69, 9.17) is 4.98 Å². The van der Waals surface area contributed by atoms with Gasteiger partial charge in [-0.15, -0.1) is 0 Å². The van der Waals surface area contributed by atoms with E-state index in [0.717, 1.165) is 50.6 Å². The van der Waals surface area contributed by atoms with Gasteiger partial charge < -0.3 is 4.90 Å². The van der Waals surface area contributed by atoms with Crippen molar-refractivity contribution in [3.05, 3.63) is 200 Å². The van der Waals surface area contributed by atoms with Gasteiger partial charge in [0.05, 0.1) is 11.0 Å². The third-order valence-electron chi connectivity index (χ3n) is 10.1. The molecule has 9 aromatic carbocycles. The van der Waals surface area contributed by atoms with Crippen molar-refractivity contribution in [2.45, 2.75) is 0 Å². The van der Waals surface area contributed by atoms with Crippen molar-refractivity contribution in [2.24, 2.45) is 0 Å². The highest BCUT2D eigenvalue weighted by Gasteiger charge is 2.18. The van der Waals surface area contributed by atoms with Crippen LogP contribution < -0.4 is 4.90 Å². The lowest BCUT2D eigenvalue weighted by molar-refractivity contribution is 1.10. The van der Waals surface area contributed by atoms with E-state index in [1.807, 2.05) is 0 Å². The Morgan fingerprint density at radius 2 is 0.885 bits per heavy atom. The fourth-order valence-electron chi connectivity index (χ4n) is 7.54. The smallest absolute Gasteiger partial charge is 0.145 e. The number of hydrogen-bond donors (Lipinski definition) is 0. The number of fused-ring (bicyclic) bond motifs is 5. The minimum absolute atomic E-state index is 0.918. The summed E-state index contributed by atoms with van der Waals surface area (Å²) < 4.78 is 2.28. The summed E-state index contributed by atoms with van der Waals surface area (Å²) in [4.78, 5) is 7.66. The van der Waals surface area contributed by atoms with E-state index >= 15 is 0 Å². The SMILES string of the molecule is c1ccc(-n2c(-c3ccc(N(c4ccc(-c5ccc6ccccc6c5)cc4)c4ccc5ccccc5c4)cc3)nc3c4ccccc4ccc32)cc1. The molecule has 1 heterocycles. The Kier molecular flexibility index (Phi) is 7.14. The largest absolute Gasteiger partial charge is 0.310 e. The lowest BCUT2D eigenvalue weighted by Crippen LogP contribution is -2.10. The number of benzene rings is 9. The fourth-order valence-corrected chi connectivity index (χ4v) is 7.54. The lowest BCUT2D eigenvalue weighted by Gasteiger charge is -2.26. The molecule has 10 rings (SSSR count). The molecule has 0 radical (unpaired) electrons. The molecule has 10 aromatic rings. The van der Waals surface area contributed by atoms with Gasteiger partial charge in [-0.3, -0.25) is 4.57 Å². The van der Waals surface area contributed by atoms with Crippen LogP contribution in [0.25, 0.3) is 71.6 Å². The maximum atomic E-state index is 5.32. The van der Waals surface area contributed by atoms with E-state index in [9.17, 15) is 0 Å². The van der Waals surface area contributed by atoms with E-state index in [1.165, 1.54) is 38.1 Å². The highest BCUT2D eigenvalue weighted by Crippen LogP contribution is 2.39. The number of nitrogens with zero attached hydrogens (tertiary/aromatic N) is 3. The minimum atomic E-state index is 0.918. The van der Waals surface area contributed by atoms with Crippen molar-refractivity contribution in [2.75, 3.05) is 4.90 Å². The van der Waals surface area contributed by atoms with Crippen LogP contribution in [0, 0.1) is 0 Å². The zero-order chi connectivity index (χ0) is 34.4. The summed E-state index contributed by atoms with van der Waals surface area (Å²) in [6.45, 7) is 0. The second-order valence-corrected chi connectivity index (χ2v) is 13.3. The first-order valence-corrected chi connectivity index (χ1v) is 17.7. The second-order valence-electron chi connectivity index (χ2n) is 13.3. The van der Waals surface area contributed by atoms with E-state index in [0.29, 0.717) is 0 Å². The van der Waals surface area contributed by atoms with Crippen LogP contribution in [0.4, 0.5) is 17.1 Å². The third-order valence-corrected chi connectivity index (χ3v) is 10.1. The Balaban J connectivity index is 1.09. The van der Waals surface area contributed by atoms with Crippen LogP contribution in [0.5, 0.6) is 0 Å². The molecule has 0 unspecified atom stereocenters. The molecule has 3 nitrogen and oxygen atoms in total. The van der Waals surface area contributed by atoms with Crippen LogP contribution in [0.15, 0.2) is 200 Å². The molecule has 0 saturated carbocycles. The molecule has 0 atom stereocenters. The molecular weight excluding hydrogens is 631 g/mol. The molecule has 3 heteroatoms. The summed E-state index contributed by atoms with van der Waals surface area (Å²) in [7, 11) is 0. The number of anilines is 3. The van der Waals surface area contributed by atoms with Gasteiger partial charge >= 0.3 is 0 Å². The molecule has 0 amide bonds. The first-order chi connectivity index (χ1) is 25.8. The molecule has 0 saturated heterocycles. The Hall–Kier alpha value is -6.97. The van der Waals surface area contributed by atoms with Gasteiger partial charge in [-0.1, -0.05) is 127 Å². The zero-order valence-electron chi connectivity index (χ0n) is 28.4. The van der Waals surface area contributed by atoms with Crippen LogP contribution in [-0.4, -0.2) is 9.55 Å². The van der Waals surface area contributed by atoms with Crippen molar-refractivity contribution in [1.82, 2.24) is 9.55 Å². The average molecular weight is 664 g/mol. The predicted octanol–water partition coefficient (Wildman–Crippen LogP) is 13.3. The summed E-state index contributed by atoms with van der Waals surface area (Å²) in [5.74, 6) is 0.918. The Bertz CT molecular complexity index is 2890. The van der Waals surface area contributed by atoms with Gasteiger partial charge in [-0.2, -0.15) is 0 Å². The normalized spacial score (nSPS) is 11.5. The Labute approximate surface area is 302 Å². The van der Waals surface area contributed by atoms with Crippen molar-refractivity contribution < 1.29 is 0 Å². The van der Waals surface area contributed by atoms with E-state index < -0.39 is 0 Å². The zero-order valence-corrected chi connectivity index (χ0v) is 28.4. The van der Waals surface area contributed by atoms with E-state index in [1.54, 1.807) is 0 Å².